The smallest absolute Gasteiger partial charge is 0.118 e. The molecule has 0 spiro atoms. The third-order valence-electron chi connectivity index (χ3n) is 0.882. The van der Waals surface area contributed by atoms with Gasteiger partial charge in [-0.2, -0.15) is 0 Å². The van der Waals surface area contributed by atoms with Crippen molar-refractivity contribution in [2.24, 2.45) is 0 Å². The maximum absolute atomic E-state index is 8.65. The van der Waals surface area contributed by atoms with Gasteiger partial charge in [0.1, 0.15) is 12.4 Å². The van der Waals surface area contributed by atoms with Gasteiger partial charge in [-0.05, 0) is 12.5 Å². The molecule has 0 aromatic heterocycles. The van der Waals surface area contributed by atoms with E-state index in [4.69, 9.17) is 15.3 Å². The lowest BCUT2D eigenvalue weighted by molar-refractivity contribution is 0.253. The molecule has 0 aromatic rings. The summed E-state index contributed by atoms with van der Waals surface area (Å²) >= 11 is 0. The molecule has 0 aromatic carbocycles. The first-order valence-electron chi connectivity index (χ1n) is 3.07. The van der Waals surface area contributed by atoms with E-state index in [1.165, 1.54) is 6.08 Å². The zero-order chi connectivity index (χ0) is 7.82. The van der Waals surface area contributed by atoms with Crippen LogP contribution in [0.2, 0.25) is 0 Å². The van der Waals surface area contributed by atoms with Gasteiger partial charge in [0.2, 0.25) is 0 Å². The molecule has 3 nitrogen and oxygen atoms in total. The van der Waals surface area contributed by atoms with Crippen LogP contribution >= 0.6 is 0 Å². The fourth-order valence-corrected chi connectivity index (χ4v) is 0.403. The molecule has 0 bridgehead atoms. The molecule has 0 aliphatic carbocycles. The Morgan fingerprint density at radius 1 is 1.30 bits per heavy atom. The summed E-state index contributed by atoms with van der Waals surface area (Å²) in [5.41, 5.74) is 0. The van der Waals surface area contributed by atoms with Crippen LogP contribution < -0.4 is 0 Å². The lowest BCUT2D eigenvalue weighted by atomic mass is 10.3. The van der Waals surface area contributed by atoms with Crippen molar-refractivity contribution in [3.05, 3.63) is 24.0 Å². The van der Waals surface area contributed by atoms with Crippen LogP contribution in [0.3, 0.4) is 0 Å². The highest BCUT2D eigenvalue weighted by Crippen LogP contribution is 1.87. The van der Waals surface area contributed by atoms with Crippen molar-refractivity contribution in [3.8, 4) is 0 Å². The van der Waals surface area contributed by atoms with Gasteiger partial charge in [0.05, 0.1) is 0 Å². The molecule has 0 aliphatic heterocycles. The quantitative estimate of drug-likeness (QED) is 0.394. The number of aliphatic hydroxyl groups is 3. The Bertz CT molecular complexity index is 127. The number of allylic oxidation sites excluding steroid dienone is 2. The Hall–Kier alpha value is -0.800. The minimum atomic E-state index is -0.344. The Kier molecular flexibility index (Phi) is 5.82. The summed E-state index contributed by atoms with van der Waals surface area (Å²) in [7, 11) is 0. The first kappa shape index (κ1) is 9.20. The van der Waals surface area contributed by atoms with Crippen molar-refractivity contribution < 1.29 is 15.3 Å². The molecule has 0 fully saturated rings. The van der Waals surface area contributed by atoms with Crippen LogP contribution in [0.5, 0.6) is 0 Å². The molecular weight excluding hydrogens is 132 g/mol. The number of rotatable bonds is 4. The molecule has 0 aliphatic rings. The molecule has 3 heteroatoms. The summed E-state index contributed by atoms with van der Waals surface area (Å²) in [6.07, 6.45) is 5.23. The first-order chi connectivity index (χ1) is 4.81. The maximum atomic E-state index is 8.65. The predicted octanol–water partition coefficient (Wildman–Crippen LogP) is 0.359. The molecule has 0 atom stereocenters. The van der Waals surface area contributed by atoms with Crippen LogP contribution in [-0.2, 0) is 0 Å². The van der Waals surface area contributed by atoms with Gasteiger partial charge in [0, 0.05) is 6.61 Å². The van der Waals surface area contributed by atoms with E-state index in [2.05, 4.69) is 0 Å². The highest BCUT2D eigenvalue weighted by molar-refractivity contribution is 5.06. The second kappa shape index (κ2) is 6.32. The lowest BCUT2D eigenvalue weighted by Gasteiger charge is -1.87. The minimum Gasteiger partial charge on any atom is -0.510 e. The first-order valence-corrected chi connectivity index (χ1v) is 3.07. The van der Waals surface area contributed by atoms with Gasteiger partial charge >= 0.3 is 0 Å². The van der Waals surface area contributed by atoms with E-state index in [0.29, 0.717) is 6.42 Å². The maximum Gasteiger partial charge on any atom is 0.118 e. The van der Waals surface area contributed by atoms with Gasteiger partial charge in [-0.15, -0.1) is 0 Å². The highest BCUT2D eigenvalue weighted by Gasteiger charge is 1.81. The Labute approximate surface area is 59.9 Å². The second-order valence-electron chi connectivity index (χ2n) is 1.76. The van der Waals surface area contributed by atoms with E-state index in [9.17, 15) is 0 Å². The van der Waals surface area contributed by atoms with E-state index in [1.54, 1.807) is 12.2 Å². The Balaban J connectivity index is 3.49. The molecule has 0 radical (unpaired) electrons. The number of aliphatic hydroxyl groups excluding tert-OH is 3. The third kappa shape index (κ3) is 5.34. The summed E-state index contributed by atoms with van der Waals surface area (Å²) < 4.78 is 0. The van der Waals surface area contributed by atoms with E-state index in [-0.39, 0.29) is 19.0 Å². The molecule has 0 saturated heterocycles. The minimum absolute atomic E-state index is 0.0748. The summed E-state index contributed by atoms with van der Waals surface area (Å²) in [5.74, 6) is -0.0748. The van der Waals surface area contributed by atoms with E-state index < -0.39 is 0 Å². The Morgan fingerprint density at radius 2 is 2.00 bits per heavy atom. The second-order valence-corrected chi connectivity index (χ2v) is 1.76. The average Bonchev–Trinajstić information content (AvgIpc) is 1.98. The molecule has 0 saturated carbocycles. The summed E-state index contributed by atoms with van der Waals surface area (Å²) in [6.45, 7) is -0.242. The monoisotopic (exact) mass is 144 g/mol. The van der Waals surface area contributed by atoms with Crippen LogP contribution in [0.4, 0.5) is 0 Å². The lowest BCUT2D eigenvalue weighted by Crippen LogP contribution is -1.85. The van der Waals surface area contributed by atoms with E-state index >= 15 is 0 Å². The molecule has 0 heterocycles. The molecule has 10 heavy (non-hydrogen) atoms. The van der Waals surface area contributed by atoms with E-state index in [0.717, 1.165) is 0 Å². The fourth-order valence-electron chi connectivity index (χ4n) is 0.403. The Morgan fingerprint density at radius 3 is 2.50 bits per heavy atom. The van der Waals surface area contributed by atoms with Crippen LogP contribution in [0.1, 0.15) is 6.42 Å². The predicted molar refractivity (Wildman–Crippen MR) is 38.6 cm³/mol. The van der Waals surface area contributed by atoms with Gasteiger partial charge in [0.15, 0.2) is 0 Å². The largest absolute Gasteiger partial charge is 0.510 e. The van der Waals surface area contributed by atoms with Crippen molar-refractivity contribution in [3.63, 3.8) is 0 Å². The fraction of sp³-hybridized carbons (Fsp3) is 0.429. The average molecular weight is 144 g/mol. The van der Waals surface area contributed by atoms with Gasteiger partial charge in [0.25, 0.3) is 0 Å². The summed E-state index contributed by atoms with van der Waals surface area (Å²) in [4.78, 5) is 0. The molecule has 0 rings (SSSR count). The normalized spacial score (nSPS) is 12.8. The van der Waals surface area contributed by atoms with Crippen molar-refractivity contribution in [2.45, 2.75) is 6.42 Å². The van der Waals surface area contributed by atoms with Gasteiger partial charge in [-0.3, -0.25) is 0 Å². The van der Waals surface area contributed by atoms with Gasteiger partial charge < -0.3 is 15.3 Å². The highest BCUT2D eigenvalue weighted by atomic mass is 16.3. The molecule has 3 N–H and O–H groups in total. The van der Waals surface area contributed by atoms with Crippen molar-refractivity contribution >= 4 is 0 Å². The molecule has 0 unspecified atom stereocenters. The molecule has 58 valence electrons. The number of hydrogen-bond donors (Lipinski definition) is 3. The standard InChI is InChI=1S/C7H12O3/c8-5-3-1-2-4-7(10)6-9/h1-2,4,8-10H,3,5-6H2. The van der Waals surface area contributed by atoms with Crippen LogP contribution in [-0.4, -0.2) is 28.5 Å². The topological polar surface area (TPSA) is 60.7 Å². The number of hydrogen-bond acceptors (Lipinski definition) is 3. The third-order valence-corrected chi connectivity index (χ3v) is 0.882. The van der Waals surface area contributed by atoms with Crippen LogP contribution in [0.25, 0.3) is 0 Å². The van der Waals surface area contributed by atoms with Gasteiger partial charge in [-0.25, -0.2) is 0 Å². The molecule has 0 amide bonds. The van der Waals surface area contributed by atoms with Crippen molar-refractivity contribution in [2.75, 3.05) is 13.2 Å². The zero-order valence-corrected chi connectivity index (χ0v) is 5.70. The van der Waals surface area contributed by atoms with Crippen molar-refractivity contribution in [1.82, 2.24) is 0 Å². The van der Waals surface area contributed by atoms with Crippen molar-refractivity contribution in [1.29, 1.82) is 0 Å². The summed E-state index contributed by atoms with van der Waals surface area (Å²) in [5, 5.41) is 25.2. The zero-order valence-electron chi connectivity index (χ0n) is 5.70. The summed E-state index contributed by atoms with van der Waals surface area (Å²) in [6, 6.07) is 0. The van der Waals surface area contributed by atoms with Gasteiger partial charge in [-0.1, -0.05) is 12.2 Å². The SMILES string of the molecule is OCCC=CC=C(O)CO. The van der Waals surface area contributed by atoms with Crippen LogP contribution in [0, 0.1) is 0 Å². The molecular formula is C7H12O3. The van der Waals surface area contributed by atoms with Crippen LogP contribution in [0.15, 0.2) is 24.0 Å². The van der Waals surface area contributed by atoms with E-state index in [1.807, 2.05) is 0 Å².